The summed E-state index contributed by atoms with van der Waals surface area (Å²) in [5, 5.41) is 15.8. The monoisotopic (exact) mass is 406 g/mol. The van der Waals surface area contributed by atoms with Gasteiger partial charge in [0.1, 0.15) is 0 Å². The zero-order valence-corrected chi connectivity index (χ0v) is 18.2. The van der Waals surface area contributed by atoms with E-state index < -0.39 is 0 Å². The Kier molecular flexibility index (Phi) is 3.50. The van der Waals surface area contributed by atoms with Gasteiger partial charge >= 0.3 is 0 Å². The SMILES string of the molecule is Cc1ccc2c(ccc3c4cc5ccc6c7ccc(C)cc7ccc6c5cc4ccc23)c1. The van der Waals surface area contributed by atoms with Crippen molar-refractivity contribution in [2.45, 2.75) is 13.8 Å². The summed E-state index contributed by atoms with van der Waals surface area (Å²) < 4.78 is 0. The normalized spacial score (nSPS) is 12.1. The van der Waals surface area contributed by atoms with Gasteiger partial charge in [0.05, 0.1) is 0 Å². The van der Waals surface area contributed by atoms with E-state index in [1.165, 1.54) is 75.8 Å². The Morgan fingerprint density at radius 3 is 1.00 bits per heavy atom. The van der Waals surface area contributed by atoms with Gasteiger partial charge < -0.3 is 0 Å². The van der Waals surface area contributed by atoms with Gasteiger partial charge in [-0.05, 0) is 90.6 Å². The van der Waals surface area contributed by atoms with Gasteiger partial charge in [0.2, 0.25) is 0 Å². The minimum absolute atomic E-state index is 1.30. The molecule has 0 aliphatic heterocycles. The molecular formula is C32H22. The Bertz CT molecular complexity index is 1750. The van der Waals surface area contributed by atoms with Gasteiger partial charge in [-0.3, -0.25) is 0 Å². The van der Waals surface area contributed by atoms with Crippen LogP contribution in [0, 0.1) is 13.8 Å². The fraction of sp³-hybridized carbons (Fsp3) is 0.0625. The van der Waals surface area contributed by atoms with Crippen LogP contribution in [0.2, 0.25) is 0 Å². The predicted octanol–water partition coefficient (Wildman–Crippen LogP) is 9.22. The van der Waals surface area contributed by atoms with Gasteiger partial charge in [0.25, 0.3) is 0 Å². The van der Waals surface area contributed by atoms with Crippen molar-refractivity contribution in [1.82, 2.24) is 0 Å². The van der Waals surface area contributed by atoms with Crippen LogP contribution in [0.25, 0.3) is 64.6 Å². The van der Waals surface area contributed by atoms with E-state index in [-0.39, 0.29) is 0 Å². The molecule has 0 aliphatic rings. The van der Waals surface area contributed by atoms with E-state index in [9.17, 15) is 0 Å². The van der Waals surface area contributed by atoms with Gasteiger partial charge in [0.15, 0.2) is 0 Å². The highest BCUT2D eigenvalue weighted by Crippen LogP contribution is 2.37. The maximum atomic E-state index is 2.38. The van der Waals surface area contributed by atoms with E-state index in [4.69, 9.17) is 0 Å². The van der Waals surface area contributed by atoms with Crippen molar-refractivity contribution >= 4 is 64.6 Å². The molecular weight excluding hydrogens is 384 g/mol. The smallest absolute Gasteiger partial charge is 0.00987 e. The van der Waals surface area contributed by atoms with E-state index in [1.807, 2.05) is 0 Å². The molecule has 0 bridgehead atoms. The second-order valence-electron chi connectivity index (χ2n) is 9.20. The van der Waals surface area contributed by atoms with Crippen LogP contribution in [0.1, 0.15) is 11.1 Å². The fourth-order valence-electron chi connectivity index (χ4n) is 5.50. The lowest BCUT2D eigenvalue weighted by molar-refractivity contribution is 1.51. The highest BCUT2D eigenvalue weighted by Gasteiger charge is 2.09. The number of fused-ring (bicyclic) bond motifs is 10. The highest BCUT2D eigenvalue weighted by molar-refractivity contribution is 6.23. The molecule has 0 saturated carbocycles. The minimum Gasteiger partial charge on any atom is -0.0587 e. The molecule has 150 valence electrons. The summed E-state index contributed by atoms with van der Waals surface area (Å²) in [5.74, 6) is 0. The van der Waals surface area contributed by atoms with E-state index in [2.05, 4.69) is 111 Å². The molecule has 0 heteroatoms. The molecule has 0 aromatic heterocycles. The van der Waals surface area contributed by atoms with Crippen LogP contribution in [0.3, 0.4) is 0 Å². The molecule has 7 aromatic carbocycles. The third-order valence-electron chi connectivity index (χ3n) is 7.10. The summed E-state index contributed by atoms with van der Waals surface area (Å²) in [4.78, 5) is 0. The van der Waals surface area contributed by atoms with Crippen molar-refractivity contribution in [1.29, 1.82) is 0 Å². The van der Waals surface area contributed by atoms with Crippen LogP contribution in [0.5, 0.6) is 0 Å². The third-order valence-corrected chi connectivity index (χ3v) is 7.10. The van der Waals surface area contributed by atoms with Crippen molar-refractivity contribution in [3.63, 3.8) is 0 Å². The summed E-state index contributed by atoms with van der Waals surface area (Å²) in [6.07, 6.45) is 0. The topological polar surface area (TPSA) is 0 Å². The van der Waals surface area contributed by atoms with Crippen LogP contribution in [-0.4, -0.2) is 0 Å². The average molecular weight is 407 g/mol. The first-order valence-corrected chi connectivity index (χ1v) is 11.3. The molecule has 0 aliphatic carbocycles. The Balaban J connectivity index is 1.58. The Hall–Kier alpha value is -3.90. The second kappa shape index (κ2) is 6.31. The standard InChI is InChI=1S/C32H22/c1-19-3-9-25-21(15-19)5-13-29-27(25)11-7-23-18-32-24(17-31(23)29)8-12-28-26-10-4-20(2)16-22(26)6-14-30(28)32/h3-18H,1-2H3. The van der Waals surface area contributed by atoms with E-state index >= 15 is 0 Å². The average Bonchev–Trinajstić information content (AvgIpc) is 2.81. The largest absolute Gasteiger partial charge is 0.0587 e. The fourth-order valence-corrected chi connectivity index (χ4v) is 5.50. The zero-order chi connectivity index (χ0) is 21.4. The first-order valence-electron chi connectivity index (χ1n) is 11.3. The van der Waals surface area contributed by atoms with Gasteiger partial charge in [-0.1, -0.05) is 96.1 Å². The molecule has 0 amide bonds. The lowest BCUT2D eigenvalue weighted by atomic mass is 9.92. The van der Waals surface area contributed by atoms with Gasteiger partial charge in [-0.15, -0.1) is 0 Å². The predicted molar refractivity (Wildman–Crippen MR) is 141 cm³/mol. The summed E-state index contributed by atoms with van der Waals surface area (Å²) in [5.41, 5.74) is 2.61. The van der Waals surface area contributed by atoms with Crippen LogP contribution in [-0.2, 0) is 0 Å². The maximum Gasteiger partial charge on any atom is -0.00987 e. The third kappa shape index (κ3) is 2.44. The van der Waals surface area contributed by atoms with Crippen LogP contribution < -0.4 is 0 Å². The molecule has 0 N–H and O–H groups in total. The Labute approximate surface area is 186 Å². The molecule has 0 nitrogen and oxygen atoms in total. The zero-order valence-electron chi connectivity index (χ0n) is 18.2. The van der Waals surface area contributed by atoms with Crippen molar-refractivity contribution in [3.05, 3.63) is 108 Å². The Morgan fingerprint density at radius 2 is 0.594 bits per heavy atom. The highest BCUT2D eigenvalue weighted by atomic mass is 14.1. The van der Waals surface area contributed by atoms with Crippen molar-refractivity contribution in [2.75, 3.05) is 0 Å². The molecule has 0 spiro atoms. The van der Waals surface area contributed by atoms with Gasteiger partial charge in [-0.25, -0.2) is 0 Å². The molecule has 32 heavy (non-hydrogen) atoms. The summed E-state index contributed by atoms with van der Waals surface area (Å²) >= 11 is 0. The molecule has 7 aromatic rings. The second-order valence-corrected chi connectivity index (χ2v) is 9.20. The molecule has 0 heterocycles. The molecule has 0 unspecified atom stereocenters. The summed E-state index contributed by atoms with van der Waals surface area (Å²) in [6, 6.07) is 36.6. The van der Waals surface area contributed by atoms with Crippen molar-refractivity contribution < 1.29 is 0 Å². The molecule has 0 fully saturated rings. The number of benzene rings is 7. The Morgan fingerprint density at radius 1 is 0.281 bits per heavy atom. The number of hydrogen-bond acceptors (Lipinski definition) is 0. The van der Waals surface area contributed by atoms with E-state index in [0.717, 1.165) is 0 Å². The number of hydrogen-bond donors (Lipinski definition) is 0. The van der Waals surface area contributed by atoms with Crippen molar-refractivity contribution in [3.8, 4) is 0 Å². The van der Waals surface area contributed by atoms with Crippen molar-refractivity contribution in [2.24, 2.45) is 0 Å². The number of rotatable bonds is 0. The quantitative estimate of drug-likeness (QED) is 0.174. The summed E-state index contributed by atoms with van der Waals surface area (Å²) in [7, 11) is 0. The first-order chi connectivity index (χ1) is 15.7. The molecule has 0 radical (unpaired) electrons. The van der Waals surface area contributed by atoms with E-state index in [1.54, 1.807) is 0 Å². The van der Waals surface area contributed by atoms with Gasteiger partial charge in [-0.2, -0.15) is 0 Å². The maximum absolute atomic E-state index is 2.38. The molecule has 0 atom stereocenters. The lowest BCUT2D eigenvalue weighted by Gasteiger charge is -2.12. The van der Waals surface area contributed by atoms with E-state index in [0.29, 0.717) is 0 Å². The summed E-state index contributed by atoms with van der Waals surface area (Å²) in [6.45, 7) is 4.32. The van der Waals surface area contributed by atoms with Crippen LogP contribution in [0.4, 0.5) is 0 Å². The minimum atomic E-state index is 1.30. The van der Waals surface area contributed by atoms with Gasteiger partial charge in [0, 0.05) is 0 Å². The molecule has 0 saturated heterocycles. The lowest BCUT2D eigenvalue weighted by Crippen LogP contribution is -1.85. The first kappa shape index (κ1) is 17.7. The number of aryl methyl sites for hydroxylation is 2. The molecule has 7 rings (SSSR count). The van der Waals surface area contributed by atoms with Crippen LogP contribution in [0.15, 0.2) is 97.1 Å². The van der Waals surface area contributed by atoms with Crippen LogP contribution >= 0.6 is 0 Å².